The highest BCUT2D eigenvalue weighted by atomic mass is 16.8. The summed E-state index contributed by atoms with van der Waals surface area (Å²) >= 11 is 0. The maximum Gasteiger partial charge on any atom is 0.311 e. The van der Waals surface area contributed by atoms with Gasteiger partial charge in [0.2, 0.25) is 12.1 Å². The molecule has 21 heteroatoms. The molecule has 68 heavy (non-hydrogen) atoms. The Labute approximate surface area is 395 Å². The number of esters is 1. The van der Waals surface area contributed by atoms with E-state index in [1.54, 1.807) is 6.92 Å². The fourth-order valence-corrected chi connectivity index (χ4v) is 14.9. The molecule has 0 bridgehead atoms. The lowest BCUT2D eigenvalue weighted by Crippen LogP contribution is -2.68. The van der Waals surface area contributed by atoms with E-state index in [9.17, 15) is 76.3 Å². The van der Waals surface area contributed by atoms with Crippen LogP contribution in [0.4, 0.5) is 0 Å². The molecule has 3 saturated heterocycles. The van der Waals surface area contributed by atoms with Gasteiger partial charge in [-0.1, -0.05) is 46.3 Å². The van der Waals surface area contributed by atoms with Gasteiger partial charge in [-0.2, -0.15) is 0 Å². The second kappa shape index (κ2) is 19.1. The van der Waals surface area contributed by atoms with Gasteiger partial charge in [0, 0.05) is 11.3 Å². The average molecular weight is 977 g/mol. The molecule has 0 aromatic carbocycles. The van der Waals surface area contributed by atoms with Crippen LogP contribution in [0.25, 0.3) is 0 Å². The molecule has 0 radical (unpaired) electrons. The van der Waals surface area contributed by atoms with Crippen molar-refractivity contribution in [1.29, 1.82) is 0 Å². The minimum absolute atomic E-state index is 0.0279. The summed E-state index contributed by atoms with van der Waals surface area (Å²) in [6.45, 7) is 9.74. The zero-order valence-electron chi connectivity index (χ0n) is 39.5. The van der Waals surface area contributed by atoms with Gasteiger partial charge >= 0.3 is 5.97 Å². The van der Waals surface area contributed by atoms with Gasteiger partial charge in [-0.3, -0.25) is 4.79 Å². The van der Waals surface area contributed by atoms with Crippen LogP contribution in [0.15, 0.2) is 11.6 Å². The van der Waals surface area contributed by atoms with Gasteiger partial charge in [0.1, 0.15) is 54.9 Å². The van der Waals surface area contributed by atoms with E-state index in [-0.39, 0.29) is 47.5 Å². The van der Waals surface area contributed by atoms with Crippen molar-refractivity contribution < 1.29 is 105 Å². The van der Waals surface area contributed by atoms with E-state index in [0.29, 0.717) is 38.5 Å². The van der Waals surface area contributed by atoms with Gasteiger partial charge < -0.3 is 99.9 Å². The molecule has 0 aromatic rings. The van der Waals surface area contributed by atoms with Crippen molar-refractivity contribution in [2.45, 2.75) is 190 Å². The molecule has 0 aromatic heterocycles. The Bertz CT molecular complexity index is 1840. The molecule has 3 heterocycles. The molecular formula is C47H76O21. The molecule has 5 aliphatic carbocycles. The van der Waals surface area contributed by atoms with Crippen molar-refractivity contribution in [3.05, 3.63) is 11.6 Å². The number of hydrogen-bond donors (Lipinski definition) is 14. The molecule has 4 saturated carbocycles. The topological polar surface area (TPSA) is 356 Å². The Morgan fingerprint density at radius 2 is 1.41 bits per heavy atom. The van der Waals surface area contributed by atoms with Crippen LogP contribution in [0.2, 0.25) is 0 Å². The molecule has 8 rings (SSSR count). The van der Waals surface area contributed by atoms with Crippen LogP contribution in [0, 0.1) is 63.6 Å². The molecule has 7 fully saturated rings. The molecule has 28 atom stereocenters. The fourth-order valence-electron chi connectivity index (χ4n) is 14.9. The highest BCUT2D eigenvalue weighted by Crippen LogP contribution is 2.70. The zero-order chi connectivity index (χ0) is 49.9. The molecule has 0 amide bonds. The van der Waals surface area contributed by atoms with E-state index in [0.717, 1.165) is 0 Å². The fraction of sp³-hybridized carbons (Fsp3) is 0.936. The van der Waals surface area contributed by atoms with Crippen molar-refractivity contribution >= 4 is 5.97 Å². The summed E-state index contributed by atoms with van der Waals surface area (Å²) in [7, 11) is 0. The molecule has 21 nitrogen and oxygen atoms in total. The van der Waals surface area contributed by atoms with Crippen LogP contribution >= 0.6 is 0 Å². The second-order valence-electron chi connectivity index (χ2n) is 22.6. The van der Waals surface area contributed by atoms with Gasteiger partial charge in [-0.05, 0) is 91.8 Å². The number of carbonyl (C=O) groups excluding carboxylic acids is 1. The quantitative estimate of drug-likeness (QED) is 0.0612. The summed E-state index contributed by atoms with van der Waals surface area (Å²) in [4.78, 5) is 14.4. The Morgan fingerprint density at radius 3 is 2.07 bits per heavy atom. The number of carbonyl (C=O) groups is 1. The first-order valence-corrected chi connectivity index (χ1v) is 24.4. The summed E-state index contributed by atoms with van der Waals surface area (Å²) < 4.78 is 34.0. The van der Waals surface area contributed by atoms with Crippen molar-refractivity contribution in [2.24, 2.45) is 63.6 Å². The van der Waals surface area contributed by atoms with E-state index >= 15 is 0 Å². The summed E-state index contributed by atoms with van der Waals surface area (Å²) in [5.41, 5.74) is -0.800. The third-order valence-electron chi connectivity index (χ3n) is 18.8. The molecular weight excluding hydrogens is 900 g/mol. The predicted molar refractivity (Wildman–Crippen MR) is 229 cm³/mol. The van der Waals surface area contributed by atoms with Gasteiger partial charge in [-0.25, -0.2) is 0 Å². The largest absolute Gasteiger partial charge is 0.432 e. The molecule has 3 aliphatic heterocycles. The lowest BCUT2D eigenvalue weighted by Gasteiger charge is -2.68. The first-order chi connectivity index (χ1) is 31.8. The van der Waals surface area contributed by atoms with E-state index < -0.39 is 152 Å². The van der Waals surface area contributed by atoms with E-state index in [4.69, 9.17) is 28.4 Å². The van der Waals surface area contributed by atoms with Crippen LogP contribution in [-0.4, -0.2) is 207 Å². The minimum atomic E-state index is -3.08. The Balaban J connectivity index is 0.941. The number of ether oxygens (including phenoxy) is 6. The van der Waals surface area contributed by atoms with Crippen molar-refractivity contribution in [3.63, 3.8) is 0 Å². The van der Waals surface area contributed by atoms with Crippen molar-refractivity contribution in [2.75, 3.05) is 19.8 Å². The normalized spacial score (nSPS) is 55.7. The van der Waals surface area contributed by atoms with Crippen molar-refractivity contribution in [3.8, 4) is 0 Å². The molecule has 28 unspecified atom stereocenters. The third-order valence-corrected chi connectivity index (χ3v) is 18.8. The summed E-state index contributed by atoms with van der Waals surface area (Å²) in [6, 6.07) is 0. The standard InChI is InChI=1S/C47H76O21/c1-17-11-21(20-9-10-44(4)23(29(20)18(17)2)8-7-22-24(44)12-25(50)36-45(22,5)13-26(51)38(58)46(36,6)16-49)40(60)68-42-33(55)31(53)30(52)28(66-42)15-63-41-34(56)32(54)35(27(14-48)65-41)67-43-39(59)47(61,62)37(57)19(3)64-43/h8,17-22,24-39,41-43,48-59,61-62H,7,9-16H2,1-6H3. The maximum absolute atomic E-state index is 14.4. The zero-order valence-corrected chi connectivity index (χ0v) is 39.5. The number of aliphatic hydroxyl groups is 14. The molecule has 14 N–H and O–H groups in total. The van der Waals surface area contributed by atoms with Crippen LogP contribution in [0.1, 0.15) is 80.1 Å². The van der Waals surface area contributed by atoms with E-state index in [1.165, 1.54) is 12.5 Å². The van der Waals surface area contributed by atoms with Gasteiger partial charge in [-0.15, -0.1) is 0 Å². The minimum Gasteiger partial charge on any atom is -0.432 e. The van der Waals surface area contributed by atoms with Gasteiger partial charge in [0.15, 0.2) is 18.7 Å². The monoisotopic (exact) mass is 976 g/mol. The number of rotatable bonds is 9. The highest BCUT2D eigenvalue weighted by Gasteiger charge is 2.68. The SMILES string of the molecule is CC1CC(C(=O)OC2OC(COC3OC(CO)C(OC4OC(C)C(O)C(O)(O)C4O)C(O)C3O)C(O)C(O)C2O)C2CCC3(C)C(=CCC4C3CC(O)C3C(C)(CO)C(O)C(O)CC43C)C2C1C. The molecule has 390 valence electrons. The first-order valence-electron chi connectivity index (χ1n) is 24.4. The van der Waals surface area contributed by atoms with E-state index in [2.05, 4.69) is 33.8 Å². The number of aliphatic hydroxyl groups excluding tert-OH is 12. The number of hydrogen-bond acceptors (Lipinski definition) is 21. The number of fused-ring (bicyclic) bond motifs is 7. The van der Waals surface area contributed by atoms with Crippen LogP contribution in [0.3, 0.4) is 0 Å². The third kappa shape index (κ3) is 8.33. The average Bonchev–Trinajstić information content (AvgIpc) is 3.29. The van der Waals surface area contributed by atoms with Crippen LogP contribution in [-0.2, 0) is 33.2 Å². The van der Waals surface area contributed by atoms with Gasteiger partial charge in [0.25, 0.3) is 0 Å². The van der Waals surface area contributed by atoms with Crippen LogP contribution < -0.4 is 0 Å². The second-order valence-corrected chi connectivity index (χ2v) is 22.6. The Morgan fingerprint density at radius 1 is 0.750 bits per heavy atom. The van der Waals surface area contributed by atoms with Gasteiger partial charge in [0.05, 0.1) is 50.2 Å². The lowest BCUT2D eigenvalue weighted by atomic mass is 9.37. The highest BCUT2D eigenvalue weighted by molar-refractivity contribution is 5.73. The van der Waals surface area contributed by atoms with Crippen molar-refractivity contribution in [1.82, 2.24) is 0 Å². The first kappa shape index (κ1) is 52.8. The van der Waals surface area contributed by atoms with Crippen LogP contribution in [0.5, 0.6) is 0 Å². The summed E-state index contributed by atoms with van der Waals surface area (Å²) in [5.74, 6) is -4.72. The maximum atomic E-state index is 14.4. The summed E-state index contributed by atoms with van der Waals surface area (Å²) in [6.07, 6.45) is -22.4. The molecule has 8 aliphatic rings. The predicted octanol–water partition coefficient (Wildman–Crippen LogP) is -3.28. The smallest absolute Gasteiger partial charge is 0.311 e. The Hall–Kier alpha value is -1.55. The lowest BCUT2D eigenvalue weighted by molar-refractivity contribution is -0.404. The van der Waals surface area contributed by atoms with E-state index in [1.807, 2.05) is 0 Å². The number of allylic oxidation sites excluding steroid dienone is 2. The Kier molecular flexibility index (Phi) is 14.8. The summed E-state index contributed by atoms with van der Waals surface area (Å²) in [5, 5.41) is 151. The molecule has 0 spiro atoms.